The summed E-state index contributed by atoms with van der Waals surface area (Å²) in [6, 6.07) is 17.2. The first kappa shape index (κ1) is 14.3. The molecule has 1 N–H and O–H groups in total. The monoisotopic (exact) mass is 317 g/mol. The van der Waals surface area contributed by atoms with Crippen molar-refractivity contribution in [1.29, 1.82) is 0 Å². The van der Waals surface area contributed by atoms with Crippen LogP contribution in [0.3, 0.4) is 0 Å². The van der Waals surface area contributed by atoms with Gasteiger partial charge in [0, 0.05) is 47.8 Å². The van der Waals surface area contributed by atoms with Gasteiger partial charge in [0.1, 0.15) is 5.58 Å². The number of imidazole rings is 1. The number of nitrogens with one attached hydrogen (secondary N) is 1. The van der Waals surface area contributed by atoms with Crippen molar-refractivity contribution >= 4 is 22.3 Å². The van der Waals surface area contributed by atoms with Crippen LogP contribution in [-0.2, 0) is 6.54 Å². The molecule has 0 bridgehead atoms. The number of aromatic nitrogens is 2. The molecular weight excluding hydrogens is 302 g/mol. The third-order valence-corrected chi connectivity index (χ3v) is 3.80. The van der Waals surface area contributed by atoms with Crippen LogP contribution < -0.4 is 10.9 Å². The van der Waals surface area contributed by atoms with Crippen LogP contribution in [0.5, 0.6) is 0 Å². The van der Waals surface area contributed by atoms with Crippen molar-refractivity contribution in [3.8, 4) is 0 Å². The van der Waals surface area contributed by atoms with Gasteiger partial charge in [-0.3, -0.25) is 0 Å². The van der Waals surface area contributed by atoms with E-state index >= 15 is 0 Å². The highest BCUT2D eigenvalue weighted by atomic mass is 16.4. The van der Waals surface area contributed by atoms with E-state index in [1.54, 1.807) is 12.5 Å². The quantitative estimate of drug-likeness (QED) is 0.582. The van der Waals surface area contributed by atoms with Crippen molar-refractivity contribution in [2.24, 2.45) is 0 Å². The topological polar surface area (TPSA) is 60.1 Å². The van der Waals surface area contributed by atoms with Gasteiger partial charge in [0.25, 0.3) is 0 Å². The molecule has 0 radical (unpaired) electrons. The van der Waals surface area contributed by atoms with Gasteiger partial charge in [-0.05, 0) is 29.8 Å². The van der Waals surface area contributed by atoms with Gasteiger partial charge in [0.05, 0.1) is 6.33 Å². The highest BCUT2D eigenvalue weighted by Crippen LogP contribution is 2.24. The van der Waals surface area contributed by atoms with Gasteiger partial charge in [0.2, 0.25) is 0 Å². The van der Waals surface area contributed by atoms with Crippen molar-refractivity contribution in [2.75, 3.05) is 5.32 Å². The Morgan fingerprint density at radius 3 is 2.71 bits per heavy atom. The summed E-state index contributed by atoms with van der Waals surface area (Å²) < 4.78 is 7.30. The molecule has 0 saturated carbocycles. The average molecular weight is 317 g/mol. The molecule has 0 saturated heterocycles. The Morgan fingerprint density at radius 2 is 1.92 bits per heavy atom. The summed E-state index contributed by atoms with van der Waals surface area (Å²) in [5.41, 5.74) is 2.98. The molecule has 24 heavy (non-hydrogen) atoms. The fraction of sp³-hybridized carbons (Fsp3) is 0.0526. The van der Waals surface area contributed by atoms with E-state index in [-0.39, 0.29) is 5.63 Å². The Balaban J connectivity index is 1.73. The van der Waals surface area contributed by atoms with Crippen LogP contribution in [0, 0.1) is 0 Å². The number of hydrogen-bond acceptors (Lipinski definition) is 4. The highest BCUT2D eigenvalue weighted by molar-refractivity contribution is 5.84. The predicted octanol–water partition coefficient (Wildman–Crippen LogP) is 3.78. The molecule has 2 heterocycles. The SMILES string of the molecule is O=c1cc(Cn2ccnc2)c2ccc(Nc3ccccc3)cc2o1. The molecule has 0 spiro atoms. The maximum absolute atomic E-state index is 11.9. The Labute approximate surface area is 138 Å². The first-order valence-corrected chi connectivity index (χ1v) is 7.62. The Morgan fingerprint density at radius 1 is 1.04 bits per heavy atom. The first-order valence-electron chi connectivity index (χ1n) is 7.62. The van der Waals surface area contributed by atoms with E-state index in [9.17, 15) is 4.79 Å². The van der Waals surface area contributed by atoms with Crippen LogP contribution in [0.4, 0.5) is 11.4 Å². The zero-order valence-electron chi connectivity index (χ0n) is 12.8. The maximum atomic E-state index is 11.9. The van der Waals surface area contributed by atoms with Crippen LogP contribution in [0.15, 0.2) is 82.5 Å². The number of para-hydroxylation sites is 1. The standard InChI is InChI=1S/C19H15N3O2/c23-19-10-14(12-22-9-8-20-13-22)17-7-6-16(11-18(17)24-19)21-15-4-2-1-3-5-15/h1-11,13,21H,12H2. The average Bonchev–Trinajstić information content (AvgIpc) is 3.08. The molecule has 0 aliphatic rings. The van der Waals surface area contributed by atoms with Crippen molar-refractivity contribution in [3.05, 3.63) is 89.3 Å². The van der Waals surface area contributed by atoms with Gasteiger partial charge in [0.15, 0.2) is 0 Å². The summed E-state index contributed by atoms with van der Waals surface area (Å²) in [7, 11) is 0. The lowest BCUT2D eigenvalue weighted by molar-refractivity contribution is 0.558. The van der Waals surface area contributed by atoms with Crippen LogP contribution in [0.1, 0.15) is 5.56 Å². The van der Waals surface area contributed by atoms with E-state index in [0.717, 1.165) is 22.3 Å². The first-order chi connectivity index (χ1) is 11.8. The Kier molecular flexibility index (Phi) is 3.59. The normalized spacial score (nSPS) is 10.8. The molecule has 0 unspecified atom stereocenters. The smallest absolute Gasteiger partial charge is 0.336 e. The van der Waals surface area contributed by atoms with Crippen LogP contribution in [-0.4, -0.2) is 9.55 Å². The van der Waals surface area contributed by atoms with Crippen molar-refractivity contribution in [3.63, 3.8) is 0 Å². The number of anilines is 2. The summed E-state index contributed by atoms with van der Waals surface area (Å²) in [6.45, 7) is 0.577. The van der Waals surface area contributed by atoms with Crippen LogP contribution in [0.2, 0.25) is 0 Å². The second-order valence-electron chi connectivity index (χ2n) is 5.53. The lowest BCUT2D eigenvalue weighted by atomic mass is 10.1. The molecule has 2 aromatic heterocycles. The number of benzene rings is 2. The van der Waals surface area contributed by atoms with E-state index in [2.05, 4.69) is 10.3 Å². The second-order valence-corrected chi connectivity index (χ2v) is 5.53. The molecule has 5 nitrogen and oxygen atoms in total. The lowest BCUT2D eigenvalue weighted by Crippen LogP contribution is -2.04. The third kappa shape index (κ3) is 2.92. The van der Waals surface area contributed by atoms with Crippen LogP contribution >= 0.6 is 0 Å². The molecular formula is C19H15N3O2. The van der Waals surface area contributed by atoms with Gasteiger partial charge >= 0.3 is 5.63 Å². The summed E-state index contributed by atoms with van der Waals surface area (Å²) in [5.74, 6) is 0. The predicted molar refractivity (Wildman–Crippen MR) is 93.5 cm³/mol. The number of rotatable bonds is 4. The van der Waals surface area contributed by atoms with Gasteiger partial charge < -0.3 is 14.3 Å². The summed E-state index contributed by atoms with van der Waals surface area (Å²) in [4.78, 5) is 15.9. The molecule has 0 atom stereocenters. The van der Waals surface area contributed by atoms with Crippen molar-refractivity contribution < 1.29 is 4.42 Å². The van der Waals surface area contributed by atoms with Gasteiger partial charge in [-0.25, -0.2) is 9.78 Å². The van der Waals surface area contributed by atoms with E-state index in [4.69, 9.17) is 4.42 Å². The molecule has 0 fully saturated rings. The molecule has 118 valence electrons. The zero-order valence-corrected chi connectivity index (χ0v) is 12.8. The van der Waals surface area contributed by atoms with Crippen molar-refractivity contribution in [1.82, 2.24) is 9.55 Å². The Bertz CT molecular complexity index is 1020. The van der Waals surface area contributed by atoms with E-state index in [1.165, 1.54) is 6.07 Å². The molecule has 0 aliphatic carbocycles. The molecule has 5 heteroatoms. The van der Waals surface area contributed by atoms with E-state index < -0.39 is 0 Å². The molecule has 0 aliphatic heterocycles. The van der Waals surface area contributed by atoms with E-state index in [1.807, 2.05) is 59.3 Å². The minimum Gasteiger partial charge on any atom is -0.423 e. The summed E-state index contributed by atoms with van der Waals surface area (Å²) in [6.07, 6.45) is 5.31. The second kappa shape index (κ2) is 6.04. The zero-order chi connectivity index (χ0) is 16.4. The summed E-state index contributed by atoms with van der Waals surface area (Å²) >= 11 is 0. The molecule has 0 amide bonds. The maximum Gasteiger partial charge on any atom is 0.336 e. The highest BCUT2D eigenvalue weighted by Gasteiger charge is 2.07. The molecule has 2 aromatic carbocycles. The Hall–Kier alpha value is -3.34. The van der Waals surface area contributed by atoms with Crippen molar-refractivity contribution in [2.45, 2.75) is 6.54 Å². The fourth-order valence-electron chi connectivity index (χ4n) is 2.70. The van der Waals surface area contributed by atoms with Gasteiger partial charge in [-0.15, -0.1) is 0 Å². The summed E-state index contributed by atoms with van der Waals surface area (Å²) in [5, 5.41) is 4.22. The minimum absolute atomic E-state index is 0.352. The molecule has 4 rings (SSSR count). The minimum atomic E-state index is -0.352. The largest absolute Gasteiger partial charge is 0.423 e. The number of nitrogens with zero attached hydrogens (tertiary/aromatic N) is 2. The number of hydrogen-bond donors (Lipinski definition) is 1. The van der Waals surface area contributed by atoms with Crippen LogP contribution in [0.25, 0.3) is 11.0 Å². The lowest BCUT2D eigenvalue weighted by Gasteiger charge is -2.09. The van der Waals surface area contributed by atoms with Gasteiger partial charge in [-0.2, -0.15) is 0 Å². The fourth-order valence-corrected chi connectivity index (χ4v) is 2.70. The van der Waals surface area contributed by atoms with Gasteiger partial charge in [-0.1, -0.05) is 18.2 Å². The van der Waals surface area contributed by atoms with E-state index in [0.29, 0.717) is 12.1 Å². The third-order valence-electron chi connectivity index (χ3n) is 3.80. The molecule has 4 aromatic rings. The number of fused-ring (bicyclic) bond motifs is 1.